The molecule has 3 aromatic heterocycles. The first-order valence-electron chi connectivity index (χ1n) is 12.9. The molecule has 2 N–H and O–H groups in total. The number of benzene rings is 2. The molecule has 0 aliphatic heterocycles. The Morgan fingerprint density at radius 3 is 2.62 bits per heavy atom. The van der Waals surface area contributed by atoms with E-state index in [4.69, 9.17) is 24.9 Å². The van der Waals surface area contributed by atoms with Crippen LogP contribution < -0.4 is 10.1 Å². The number of para-hydroxylation sites is 1. The van der Waals surface area contributed by atoms with Gasteiger partial charge in [-0.15, -0.1) is 0 Å². The number of hydrogen-bond donors (Lipinski definition) is 2. The Hall–Kier alpha value is -4.51. The molecule has 0 saturated heterocycles. The lowest BCUT2D eigenvalue weighted by atomic mass is 10.1. The molecule has 11 heteroatoms. The number of anilines is 2. The van der Waals surface area contributed by atoms with Gasteiger partial charge >= 0.3 is 0 Å². The van der Waals surface area contributed by atoms with E-state index < -0.39 is 17.5 Å². The standard InChI is InChI=1S/C29H25F3N6O2/c1-16-11-25(23(32)14-33-16)35-28-18-6-4-7-24(18)34-29(36-28)27-19-5-2-3-8-26(19)38(37-27)15-20-21(30)12-17(13-22(20)31)40-10-9-39/h2-3,5,8,11-14,39H,4,6-7,9-10,15H2,1H3,(H,33,34,35,36). The predicted octanol–water partition coefficient (Wildman–Crippen LogP) is 5.27. The largest absolute Gasteiger partial charge is 0.491 e. The van der Waals surface area contributed by atoms with Gasteiger partial charge in [0.15, 0.2) is 11.6 Å². The van der Waals surface area contributed by atoms with Gasteiger partial charge in [0.05, 0.1) is 30.6 Å². The number of nitrogens with zero attached hydrogens (tertiary/aromatic N) is 5. The molecule has 0 amide bonds. The Kier molecular flexibility index (Phi) is 6.81. The normalized spacial score (nSPS) is 12.6. The SMILES string of the molecule is Cc1cc(Nc2nc(-c3nn(Cc4c(F)cc(OCCO)cc4F)c4ccccc34)nc3c2CCC3)c(F)cn1. The number of fused-ring (bicyclic) bond motifs is 2. The Morgan fingerprint density at radius 2 is 1.82 bits per heavy atom. The zero-order chi connectivity index (χ0) is 27.8. The van der Waals surface area contributed by atoms with Crippen LogP contribution in [0.2, 0.25) is 0 Å². The molecule has 8 nitrogen and oxygen atoms in total. The number of aryl methyl sites for hydroxylation is 2. The van der Waals surface area contributed by atoms with Crippen LogP contribution >= 0.6 is 0 Å². The maximum atomic E-state index is 14.9. The number of aromatic nitrogens is 5. The van der Waals surface area contributed by atoms with Crippen molar-refractivity contribution in [2.24, 2.45) is 0 Å². The molecule has 6 rings (SSSR count). The van der Waals surface area contributed by atoms with Crippen molar-refractivity contribution in [3.63, 3.8) is 0 Å². The highest BCUT2D eigenvalue weighted by atomic mass is 19.1. The van der Waals surface area contributed by atoms with Gasteiger partial charge in [-0.2, -0.15) is 5.10 Å². The second-order valence-electron chi connectivity index (χ2n) is 9.57. The van der Waals surface area contributed by atoms with Crippen LogP contribution in [0.25, 0.3) is 22.4 Å². The minimum atomic E-state index is -0.788. The zero-order valence-electron chi connectivity index (χ0n) is 21.6. The predicted molar refractivity (Wildman–Crippen MR) is 143 cm³/mol. The summed E-state index contributed by atoms with van der Waals surface area (Å²) >= 11 is 0. The van der Waals surface area contributed by atoms with E-state index in [1.807, 2.05) is 24.3 Å². The second kappa shape index (κ2) is 10.6. The van der Waals surface area contributed by atoms with E-state index in [0.29, 0.717) is 33.9 Å². The summed E-state index contributed by atoms with van der Waals surface area (Å²) in [7, 11) is 0. The Bertz CT molecular complexity index is 1720. The van der Waals surface area contributed by atoms with E-state index in [0.717, 1.165) is 42.7 Å². The van der Waals surface area contributed by atoms with Crippen molar-refractivity contribution in [2.45, 2.75) is 32.7 Å². The molecular weight excluding hydrogens is 521 g/mol. The summed E-state index contributed by atoms with van der Waals surface area (Å²) in [5.74, 6) is -1.25. The molecule has 3 heterocycles. The molecule has 0 radical (unpaired) electrons. The van der Waals surface area contributed by atoms with Gasteiger partial charge in [-0.05, 0) is 38.3 Å². The van der Waals surface area contributed by atoms with Crippen LogP contribution in [0.3, 0.4) is 0 Å². The van der Waals surface area contributed by atoms with Gasteiger partial charge in [0.25, 0.3) is 0 Å². The number of nitrogens with one attached hydrogen (secondary N) is 1. The minimum Gasteiger partial charge on any atom is -0.491 e. The van der Waals surface area contributed by atoms with E-state index >= 15 is 0 Å². The summed E-state index contributed by atoms with van der Waals surface area (Å²) in [6.45, 7) is 1.25. The van der Waals surface area contributed by atoms with Gasteiger partial charge in [0.2, 0.25) is 0 Å². The van der Waals surface area contributed by atoms with Crippen molar-refractivity contribution < 1.29 is 23.0 Å². The van der Waals surface area contributed by atoms with E-state index in [2.05, 4.69) is 10.3 Å². The van der Waals surface area contributed by atoms with Gasteiger partial charge in [0, 0.05) is 40.0 Å². The summed E-state index contributed by atoms with van der Waals surface area (Å²) in [5.41, 5.74) is 3.61. The molecule has 204 valence electrons. The van der Waals surface area contributed by atoms with E-state index in [9.17, 15) is 13.2 Å². The summed E-state index contributed by atoms with van der Waals surface area (Å²) < 4.78 is 51.1. The molecule has 0 fully saturated rings. The van der Waals surface area contributed by atoms with Crippen molar-refractivity contribution >= 4 is 22.4 Å². The first kappa shape index (κ1) is 25.8. The summed E-state index contributed by atoms with van der Waals surface area (Å²) in [4.78, 5) is 13.5. The summed E-state index contributed by atoms with van der Waals surface area (Å²) in [6.07, 6.45) is 3.57. The quantitative estimate of drug-likeness (QED) is 0.274. The average Bonchev–Trinajstić information content (AvgIpc) is 3.57. The highest BCUT2D eigenvalue weighted by Crippen LogP contribution is 2.34. The molecule has 0 atom stereocenters. The van der Waals surface area contributed by atoms with Crippen molar-refractivity contribution in [1.82, 2.24) is 24.7 Å². The molecule has 1 aliphatic carbocycles. The van der Waals surface area contributed by atoms with Gasteiger partial charge in [0.1, 0.15) is 35.5 Å². The number of aliphatic hydroxyl groups is 1. The van der Waals surface area contributed by atoms with Crippen molar-refractivity contribution in [3.05, 3.63) is 88.6 Å². The number of ether oxygens (including phenoxy) is 1. The molecule has 0 bridgehead atoms. The molecular formula is C29H25F3N6O2. The monoisotopic (exact) mass is 546 g/mol. The maximum absolute atomic E-state index is 14.9. The van der Waals surface area contributed by atoms with E-state index in [1.165, 1.54) is 10.9 Å². The zero-order valence-corrected chi connectivity index (χ0v) is 21.6. The fourth-order valence-corrected chi connectivity index (χ4v) is 4.95. The Morgan fingerprint density at radius 1 is 1.02 bits per heavy atom. The number of pyridine rings is 1. The van der Waals surface area contributed by atoms with Crippen LogP contribution in [0.5, 0.6) is 5.75 Å². The third kappa shape index (κ3) is 4.84. The van der Waals surface area contributed by atoms with Crippen LogP contribution in [0.15, 0.2) is 48.7 Å². The number of hydrogen-bond acceptors (Lipinski definition) is 7. The van der Waals surface area contributed by atoms with E-state index in [1.54, 1.807) is 13.0 Å². The van der Waals surface area contributed by atoms with Gasteiger partial charge in [-0.3, -0.25) is 9.67 Å². The highest BCUT2D eigenvalue weighted by Gasteiger charge is 2.24. The highest BCUT2D eigenvalue weighted by molar-refractivity contribution is 5.92. The third-order valence-electron chi connectivity index (χ3n) is 6.83. The molecule has 0 unspecified atom stereocenters. The molecule has 5 aromatic rings. The smallest absolute Gasteiger partial charge is 0.182 e. The molecule has 1 aliphatic rings. The first-order valence-corrected chi connectivity index (χ1v) is 12.9. The van der Waals surface area contributed by atoms with Crippen LogP contribution in [-0.2, 0) is 19.4 Å². The lowest BCUT2D eigenvalue weighted by Crippen LogP contribution is -2.09. The number of rotatable bonds is 8. The summed E-state index contributed by atoms with van der Waals surface area (Å²) in [6, 6.07) is 11.1. The number of aliphatic hydroxyl groups excluding tert-OH is 1. The maximum Gasteiger partial charge on any atom is 0.182 e. The molecule has 0 saturated carbocycles. The first-order chi connectivity index (χ1) is 19.4. The van der Waals surface area contributed by atoms with Crippen LogP contribution in [0.4, 0.5) is 24.7 Å². The average molecular weight is 547 g/mol. The molecule has 0 spiro atoms. The fourth-order valence-electron chi connectivity index (χ4n) is 4.95. The second-order valence-corrected chi connectivity index (χ2v) is 9.57. The van der Waals surface area contributed by atoms with Crippen molar-refractivity contribution in [3.8, 4) is 17.3 Å². The van der Waals surface area contributed by atoms with Crippen LogP contribution in [-0.4, -0.2) is 43.1 Å². The molecule has 40 heavy (non-hydrogen) atoms. The van der Waals surface area contributed by atoms with Gasteiger partial charge in [-0.1, -0.05) is 18.2 Å². The minimum absolute atomic E-state index is 0.00814. The van der Waals surface area contributed by atoms with Crippen LogP contribution in [0.1, 0.15) is 28.9 Å². The lowest BCUT2D eigenvalue weighted by molar-refractivity contribution is 0.200. The topological polar surface area (TPSA) is 98.0 Å². The Labute approximate surface area is 227 Å². The fraction of sp³-hybridized carbons (Fsp3) is 0.241. The van der Waals surface area contributed by atoms with Crippen molar-refractivity contribution in [2.75, 3.05) is 18.5 Å². The van der Waals surface area contributed by atoms with Gasteiger partial charge in [-0.25, -0.2) is 23.1 Å². The summed E-state index contributed by atoms with van der Waals surface area (Å²) in [5, 5.41) is 17.5. The Balaban J connectivity index is 1.42. The van der Waals surface area contributed by atoms with Crippen LogP contribution in [0, 0.1) is 24.4 Å². The molecule has 2 aromatic carbocycles. The van der Waals surface area contributed by atoms with E-state index in [-0.39, 0.29) is 36.8 Å². The lowest BCUT2D eigenvalue weighted by Gasteiger charge is -2.13. The number of halogens is 3. The van der Waals surface area contributed by atoms with Gasteiger partial charge < -0.3 is 15.2 Å². The third-order valence-corrected chi connectivity index (χ3v) is 6.83. The van der Waals surface area contributed by atoms with Crippen molar-refractivity contribution in [1.29, 1.82) is 0 Å².